The number of ether oxygens (including phenoxy) is 1. The summed E-state index contributed by atoms with van der Waals surface area (Å²) in [4.78, 5) is 13.9. The summed E-state index contributed by atoms with van der Waals surface area (Å²) in [6.45, 7) is 5.01. The maximum absolute atomic E-state index is 9.40. The molecule has 2 heterocycles. The Morgan fingerprint density at radius 2 is 1.88 bits per heavy atom. The molecule has 0 amide bonds. The van der Waals surface area contributed by atoms with Crippen LogP contribution in [0.2, 0.25) is 0 Å². The minimum Gasteiger partial charge on any atom is -0.423 e. The monoisotopic (exact) mass is 431 g/mol. The van der Waals surface area contributed by atoms with Crippen LogP contribution in [0.15, 0.2) is 48.5 Å². The first-order valence-electron chi connectivity index (χ1n) is 10.5. The zero-order chi connectivity index (χ0) is 22.7. The summed E-state index contributed by atoms with van der Waals surface area (Å²) >= 11 is 0. The molecule has 0 aliphatic heterocycles. The Balaban J connectivity index is 1.69. The minimum absolute atomic E-state index is 0.441. The van der Waals surface area contributed by atoms with Crippen molar-refractivity contribution in [3.63, 3.8) is 0 Å². The van der Waals surface area contributed by atoms with E-state index in [1.54, 1.807) is 25.3 Å². The lowest BCUT2D eigenvalue weighted by atomic mass is 9.80. The Labute approximate surface area is 187 Å². The summed E-state index contributed by atoms with van der Waals surface area (Å²) < 4.78 is 7.38. The molecule has 0 aliphatic carbocycles. The molecule has 164 valence electrons. The molecule has 0 unspecified atom stereocenters. The van der Waals surface area contributed by atoms with Gasteiger partial charge >= 0.3 is 7.12 Å². The molecule has 0 aliphatic rings. The molecule has 3 N–H and O–H groups in total. The maximum atomic E-state index is 9.40. The second-order valence-corrected chi connectivity index (χ2v) is 7.61. The van der Waals surface area contributed by atoms with Gasteiger partial charge in [-0.05, 0) is 35.6 Å². The van der Waals surface area contributed by atoms with E-state index in [9.17, 15) is 10.0 Å². The Bertz CT molecular complexity index is 1240. The van der Waals surface area contributed by atoms with Crippen molar-refractivity contribution >= 4 is 29.4 Å². The van der Waals surface area contributed by atoms with Gasteiger partial charge in [0, 0.05) is 31.2 Å². The van der Waals surface area contributed by atoms with Gasteiger partial charge in [0.2, 0.25) is 11.9 Å². The van der Waals surface area contributed by atoms with Crippen molar-refractivity contribution in [1.29, 1.82) is 0 Å². The fraction of sp³-hybridized carbons (Fsp3) is 0.261. The Morgan fingerprint density at radius 3 is 2.62 bits per heavy atom. The highest BCUT2D eigenvalue weighted by Gasteiger charge is 2.15. The molecule has 0 fully saturated rings. The zero-order valence-corrected chi connectivity index (χ0v) is 18.4. The lowest BCUT2D eigenvalue weighted by Gasteiger charge is -2.12. The molecule has 0 saturated carbocycles. The molecule has 32 heavy (non-hydrogen) atoms. The molecule has 0 spiro atoms. The van der Waals surface area contributed by atoms with Crippen LogP contribution in [0.1, 0.15) is 29.6 Å². The Kier molecular flexibility index (Phi) is 6.50. The second kappa shape index (κ2) is 9.48. The van der Waals surface area contributed by atoms with Crippen molar-refractivity contribution < 1.29 is 14.8 Å². The number of methoxy groups -OCH3 is 1. The number of anilines is 1. The highest BCUT2D eigenvalue weighted by Crippen LogP contribution is 2.26. The molecule has 0 saturated heterocycles. The molecule has 8 nitrogen and oxygen atoms in total. The lowest BCUT2D eigenvalue weighted by Crippen LogP contribution is -2.30. The summed E-state index contributed by atoms with van der Waals surface area (Å²) in [5.74, 6) is 1.71. The highest BCUT2D eigenvalue weighted by molar-refractivity contribution is 6.58. The van der Waals surface area contributed by atoms with E-state index in [-0.39, 0.29) is 0 Å². The lowest BCUT2D eigenvalue weighted by molar-refractivity contribution is 0.186. The van der Waals surface area contributed by atoms with Gasteiger partial charge in [-0.1, -0.05) is 43.3 Å². The van der Waals surface area contributed by atoms with Crippen molar-refractivity contribution in [2.24, 2.45) is 0 Å². The van der Waals surface area contributed by atoms with Crippen LogP contribution >= 0.6 is 0 Å². The number of hydrogen-bond acceptors (Lipinski definition) is 7. The molecule has 0 atom stereocenters. The number of aryl methyl sites for hydroxylation is 2. The molecule has 4 aromatic rings. The van der Waals surface area contributed by atoms with E-state index in [4.69, 9.17) is 4.74 Å². The quantitative estimate of drug-likeness (QED) is 0.367. The van der Waals surface area contributed by atoms with Crippen LogP contribution in [0.25, 0.3) is 16.9 Å². The predicted molar refractivity (Wildman–Crippen MR) is 125 cm³/mol. The molecule has 0 bridgehead atoms. The van der Waals surface area contributed by atoms with E-state index in [1.165, 1.54) is 0 Å². The maximum Gasteiger partial charge on any atom is 0.488 e. The van der Waals surface area contributed by atoms with Gasteiger partial charge in [0.25, 0.3) is 0 Å². The van der Waals surface area contributed by atoms with Crippen LogP contribution in [-0.4, -0.2) is 43.8 Å². The largest absolute Gasteiger partial charge is 0.488 e. The van der Waals surface area contributed by atoms with Crippen LogP contribution < -0.4 is 10.8 Å². The van der Waals surface area contributed by atoms with E-state index in [0.717, 1.165) is 27.7 Å². The molecule has 9 heteroatoms. The first-order valence-corrected chi connectivity index (χ1v) is 10.5. The summed E-state index contributed by atoms with van der Waals surface area (Å²) in [6, 6.07) is 15.3. The average Bonchev–Trinajstić information content (AvgIpc) is 3.14. The number of rotatable bonds is 8. The number of benzene rings is 2. The Morgan fingerprint density at radius 1 is 1.06 bits per heavy atom. The first kappa shape index (κ1) is 21.9. The van der Waals surface area contributed by atoms with Gasteiger partial charge in [0.15, 0.2) is 0 Å². The minimum atomic E-state index is -1.50. The third-order valence-corrected chi connectivity index (χ3v) is 5.31. The smallest absolute Gasteiger partial charge is 0.423 e. The summed E-state index contributed by atoms with van der Waals surface area (Å²) in [5.41, 5.74) is 4.48. The molecule has 2 aromatic heterocycles. The number of aromatic nitrogens is 4. The van der Waals surface area contributed by atoms with E-state index in [2.05, 4.69) is 38.5 Å². The van der Waals surface area contributed by atoms with Gasteiger partial charge in [-0.15, -0.1) is 0 Å². The van der Waals surface area contributed by atoms with Gasteiger partial charge in [-0.25, -0.2) is 0 Å². The second-order valence-electron chi connectivity index (χ2n) is 7.61. The number of nitrogens with zero attached hydrogens (tertiary/aromatic N) is 4. The molecule has 4 rings (SSSR count). The van der Waals surface area contributed by atoms with E-state index in [1.807, 2.05) is 30.5 Å². The summed E-state index contributed by atoms with van der Waals surface area (Å²) in [5, 5.41) is 23.2. The van der Waals surface area contributed by atoms with Gasteiger partial charge in [0.05, 0.1) is 12.1 Å². The number of hydrogen-bond donors (Lipinski definition) is 3. The highest BCUT2D eigenvalue weighted by atomic mass is 16.5. The summed E-state index contributed by atoms with van der Waals surface area (Å²) in [7, 11) is 0.190. The molecule has 2 aromatic carbocycles. The van der Waals surface area contributed by atoms with Crippen LogP contribution in [-0.2, 0) is 24.3 Å². The molecule has 0 radical (unpaired) electrons. The van der Waals surface area contributed by atoms with Gasteiger partial charge in [-0.3, -0.25) is 4.57 Å². The molecular formula is C23H26BN5O3. The van der Waals surface area contributed by atoms with Crippen LogP contribution in [0, 0.1) is 6.92 Å². The fourth-order valence-corrected chi connectivity index (χ4v) is 3.76. The van der Waals surface area contributed by atoms with E-state index < -0.39 is 7.12 Å². The van der Waals surface area contributed by atoms with Gasteiger partial charge in [0.1, 0.15) is 5.82 Å². The third kappa shape index (κ3) is 4.50. The third-order valence-electron chi connectivity index (χ3n) is 5.31. The first-order chi connectivity index (χ1) is 15.5. The average molecular weight is 431 g/mol. The van der Waals surface area contributed by atoms with Crippen molar-refractivity contribution in [2.45, 2.75) is 33.4 Å². The van der Waals surface area contributed by atoms with Gasteiger partial charge < -0.3 is 20.1 Å². The van der Waals surface area contributed by atoms with Crippen molar-refractivity contribution in [3.05, 3.63) is 71.2 Å². The van der Waals surface area contributed by atoms with E-state index in [0.29, 0.717) is 42.8 Å². The standard InChI is InChI=1S/C23H26BN5O3/c1-4-21-26-22(25-13-16-7-5-9-18(12-16)24(30)31)28-23(27-21)29-15(2)11-19-17(14-32-3)8-6-10-20(19)29/h5-12,30-31H,4,13-14H2,1-3H3,(H,25,26,27,28). The number of fused-ring (bicyclic) bond motifs is 1. The SMILES string of the molecule is CCc1nc(NCc2cccc(B(O)O)c2)nc(-n2c(C)cc3c(COC)cccc32)n1. The van der Waals surface area contributed by atoms with Crippen molar-refractivity contribution in [1.82, 2.24) is 19.5 Å². The van der Waals surface area contributed by atoms with Crippen molar-refractivity contribution in [3.8, 4) is 5.95 Å². The number of nitrogens with one attached hydrogen (secondary N) is 1. The molecular weight excluding hydrogens is 405 g/mol. The van der Waals surface area contributed by atoms with Crippen LogP contribution in [0.3, 0.4) is 0 Å². The summed E-state index contributed by atoms with van der Waals surface area (Å²) in [6.07, 6.45) is 0.670. The normalized spacial score (nSPS) is 11.2. The Hall–Kier alpha value is -3.27. The fourth-order valence-electron chi connectivity index (χ4n) is 3.76. The van der Waals surface area contributed by atoms with E-state index >= 15 is 0 Å². The van der Waals surface area contributed by atoms with Crippen LogP contribution in [0.5, 0.6) is 0 Å². The topological polar surface area (TPSA) is 105 Å². The predicted octanol–water partition coefficient (Wildman–Crippen LogP) is 2.12. The van der Waals surface area contributed by atoms with Gasteiger partial charge in [-0.2, -0.15) is 15.0 Å². The zero-order valence-electron chi connectivity index (χ0n) is 18.4. The van der Waals surface area contributed by atoms with Crippen LogP contribution in [0.4, 0.5) is 5.95 Å². The van der Waals surface area contributed by atoms with Crippen molar-refractivity contribution in [2.75, 3.05) is 12.4 Å².